The quantitative estimate of drug-likeness (QED) is 0.631. The first-order valence-electron chi connectivity index (χ1n) is 6.91. The van der Waals surface area contributed by atoms with Crippen LogP contribution in [-0.2, 0) is 0 Å². The molecular formula is C14H18FN3O3. The fourth-order valence-corrected chi connectivity index (χ4v) is 2.61. The first-order valence-corrected chi connectivity index (χ1v) is 6.91. The molecule has 114 valence electrons. The van der Waals surface area contributed by atoms with E-state index in [0.717, 1.165) is 31.3 Å². The highest BCUT2D eigenvalue weighted by atomic mass is 19.1. The van der Waals surface area contributed by atoms with Gasteiger partial charge in [0.1, 0.15) is 5.82 Å². The fraction of sp³-hybridized carbons (Fsp3) is 0.500. The lowest BCUT2D eigenvalue weighted by Crippen LogP contribution is -2.53. The van der Waals surface area contributed by atoms with Gasteiger partial charge in [-0.25, -0.2) is 4.39 Å². The second-order valence-electron chi connectivity index (χ2n) is 5.15. The number of nitro benzene ring substituents is 1. The number of nitrogens with zero attached hydrogens (tertiary/aromatic N) is 3. The summed E-state index contributed by atoms with van der Waals surface area (Å²) in [7, 11) is 0. The molecular weight excluding hydrogens is 277 g/mol. The number of likely N-dealkylation sites (N-methyl/N-ethyl adjacent to an activating group) is 1. The summed E-state index contributed by atoms with van der Waals surface area (Å²) in [5.41, 5.74) is -0.513. The molecule has 1 aliphatic heterocycles. The van der Waals surface area contributed by atoms with Gasteiger partial charge in [0.05, 0.1) is 10.5 Å². The summed E-state index contributed by atoms with van der Waals surface area (Å²) < 4.78 is 13.8. The Morgan fingerprint density at radius 2 is 2.19 bits per heavy atom. The predicted molar refractivity (Wildman–Crippen MR) is 75.7 cm³/mol. The summed E-state index contributed by atoms with van der Waals surface area (Å²) in [5.74, 6) is -1.21. The van der Waals surface area contributed by atoms with Crippen LogP contribution in [0, 0.1) is 15.9 Å². The fourth-order valence-electron chi connectivity index (χ4n) is 2.61. The molecule has 1 aromatic carbocycles. The number of hydrogen-bond donors (Lipinski definition) is 0. The molecule has 0 bridgehead atoms. The van der Waals surface area contributed by atoms with Crippen molar-refractivity contribution in [3.8, 4) is 0 Å². The minimum Gasteiger partial charge on any atom is -0.336 e. The number of benzene rings is 1. The second-order valence-corrected chi connectivity index (χ2v) is 5.15. The maximum atomic E-state index is 13.8. The van der Waals surface area contributed by atoms with Crippen LogP contribution >= 0.6 is 0 Å². The van der Waals surface area contributed by atoms with Crippen LogP contribution in [0.25, 0.3) is 0 Å². The van der Waals surface area contributed by atoms with Crippen LogP contribution in [0.5, 0.6) is 0 Å². The largest absolute Gasteiger partial charge is 0.336 e. The molecule has 6 nitrogen and oxygen atoms in total. The lowest BCUT2D eigenvalue weighted by Gasteiger charge is -2.39. The molecule has 0 aromatic heterocycles. The molecule has 21 heavy (non-hydrogen) atoms. The van der Waals surface area contributed by atoms with Gasteiger partial charge in [-0.2, -0.15) is 0 Å². The van der Waals surface area contributed by atoms with Crippen LogP contribution in [0.2, 0.25) is 0 Å². The molecule has 7 heteroatoms. The minimum atomic E-state index is -0.726. The normalized spacial score (nSPS) is 19.6. The van der Waals surface area contributed by atoms with Crippen molar-refractivity contribution in [3.05, 3.63) is 39.7 Å². The lowest BCUT2D eigenvalue weighted by molar-refractivity contribution is -0.384. The first-order chi connectivity index (χ1) is 9.93. The molecule has 1 aliphatic rings. The summed E-state index contributed by atoms with van der Waals surface area (Å²) in [6.45, 7) is 6.67. The third-order valence-electron chi connectivity index (χ3n) is 3.85. The molecule has 0 saturated carbocycles. The lowest BCUT2D eigenvalue weighted by atomic mass is 10.1. The molecule has 0 radical (unpaired) electrons. The Labute approximate surface area is 122 Å². The van der Waals surface area contributed by atoms with Crippen LogP contribution in [0.15, 0.2) is 18.2 Å². The number of carbonyl (C=O) groups is 1. The monoisotopic (exact) mass is 295 g/mol. The summed E-state index contributed by atoms with van der Waals surface area (Å²) >= 11 is 0. The number of nitro groups is 1. The Hall–Kier alpha value is -2.02. The zero-order valence-corrected chi connectivity index (χ0v) is 12.1. The molecule has 1 unspecified atom stereocenters. The zero-order valence-electron chi connectivity index (χ0n) is 12.1. The van der Waals surface area contributed by atoms with Gasteiger partial charge in [0, 0.05) is 37.8 Å². The van der Waals surface area contributed by atoms with E-state index in [1.165, 1.54) is 0 Å². The van der Waals surface area contributed by atoms with Gasteiger partial charge in [-0.15, -0.1) is 0 Å². The zero-order chi connectivity index (χ0) is 15.6. The Balaban J connectivity index is 2.21. The second kappa shape index (κ2) is 6.17. The Kier molecular flexibility index (Phi) is 4.52. The standard InChI is InChI=1S/C14H18FN3O3/c1-3-16-6-7-17(9-10(16)2)14(19)12-8-11(18(20)21)4-5-13(12)15/h4-5,8,10H,3,6-7,9H2,1-2H3. The molecule has 2 rings (SSSR count). The van der Waals surface area contributed by atoms with E-state index in [0.29, 0.717) is 13.1 Å². The van der Waals surface area contributed by atoms with Gasteiger partial charge in [0.25, 0.3) is 11.6 Å². The number of rotatable bonds is 3. The maximum absolute atomic E-state index is 13.8. The van der Waals surface area contributed by atoms with Crippen molar-refractivity contribution < 1.29 is 14.1 Å². The van der Waals surface area contributed by atoms with E-state index in [2.05, 4.69) is 4.90 Å². The van der Waals surface area contributed by atoms with Gasteiger partial charge in [-0.3, -0.25) is 19.8 Å². The van der Waals surface area contributed by atoms with Crippen LogP contribution in [0.3, 0.4) is 0 Å². The van der Waals surface area contributed by atoms with E-state index >= 15 is 0 Å². The molecule has 1 aromatic rings. The van der Waals surface area contributed by atoms with Crippen LogP contribution in [0.4, 0.5) is 10.1 Å². The molecule has 1 fully saturated rings. The van der Waals surface area contributed by atoms with E-state index in [-0.39, 0.29) is 17.3 Å². The average molecular weight is 295 g/mol. The predicted octanol–water partition coefficient (Wildman–Crippen LogP) is 1.90. The number of hydrogen-bond acceptors (Lipinski definition) is 4. The van der Waals surface area contributed by atoms with Crippen molar-refractivity contribution in [2.45, 2.75) is 19.9 Å². The van der Waals surface area contributed by atoms with E-state index in [1.54, 1.807) is 4.90 Å². The maximum Gasteiger partial charge on any atom is 0.270 e. The van der Waals surface area contributed by atoms with Gasteiger partial charge in [0.15, 0.2) is 0 Å². The van der Waals surface area contributed by atoms with E-state index in [1.807, 2.05) is 13.8 Å². The SMILES string of the molecule is CCN1CCN(C(=O)c2cc([N+](=O)[O-])ccc2F)CC1C. The molecule has 0 spiro atoms. The van der Waals surface area contributed by atoms with Gasteiger partial charge < -0.3 is 4.90 Å². The molecule has 0 aliphatic carbocycles. The molecule has 1 heterocycles. The van der Waals surface area contributed by atoms with Gasteiger partial charge in [-0.1, -0.05) is 6.92 Å². The summed E-state index contributed by atoms with van der Waals surface area (Å²) in [6, 6.07) is 3.23. The number of carbonyl (C=O) groups excluding carboxylic acids is 1. The average Bonchev–Trinajstić information content (AvgIpc) is 2.46. The van der Waals surface area contributed by atoms with E-state index in [9.17, 15) is 19.3 Å². The number of non-ortho nitro benzene ring substituents is 1. The minimum absolute atomic E-state index is 0.189. The molecule has 0 N–H and O–H groups in total. The van der Waals surface area contributed by atoms with Crippen LogP contribution in [-0.4, -0.2) is 52.9 Å². The summed E-state index contributed by atoms with van der Waals surface area (Å²) in [4.78, 5) is 26.3. The van der Waals surface area contributed by atoms with Gasteiger partial charge in [-0.05, 0) is 19.5 Å². The third-order valence-corrected chi connectivity index (χ3v) is 3.85. The Morgan fingerprint density at radius 1 is 1.48 bits per heavy atom. The highest BCUT2D eigenvalue weighted by Crippen LogP contribution is 2.20. The highest BCUT2D eigenvalue weighted by Gasteiger charge is 2.28. The van der Waals surface area contributed by atoms with Gasteiger partial charge in [0.2, 0.25) is 0 Å². The Morgan fingerprint density at radius 3 is 2.76 bits per heavy atom. The third kappa shape index (κ3) is 3.18. The number of piperazine rings is 1. The van der Waals surface area contributed by atoms with Crippen molar-refractivity contribution >= 4 is 11.6 Å². The van der Waals surface area contributed by atoms with Gasteiger partial charge >= 0.3 is 0 Å². The van der Waals surface area contributed by atoms with Crippen LogP contribution < -0.4 is 0 Å². The van der Waals surface area contributed by atoms with Crippen molar-refractivity contribution in [3.63, 3.8) is 0 Å². The van der Waals surface area contributed by atoms with E-state index < -0.39 is 16.6 Å². The van der Waals surface area contributed by atoms with Crippen molar-refractivity contribution in [1.29, 1.82) is 0 Å². The number of amides is 1. The summed E-state index contributed by atoms with van der Waals surface area (Å²) in [5, 5.41) is 10.7. The smallest absolute Gasteiger partial charge is 0.270 e. The van der Waals surface area contributed by atoms with Crippen LogP contribution in [0.1, 0.15) is 24.2 Å². The molecule has 1 atom stereocenters. The molecule has 1 amide bonds. The number of halogens is 1. The first kappa shape index (κ1) is 15.4. The van der Waals surface area contributed by atoms with Crippen molar-refractivity contribution in [1.82, 2.24) is 9.80 Å². The highest BCUT2D eigenvalue weighted by molar-refractivity contribution is 5.95. The topological polar surface area (TPSA) is 66.7 Å². The molecule has 1 saturated heterocycles. The van der Waals surface area contributed by atoms with Crippen molar-refractivity contribution in [2.75, 3.05) is 26.2 Å². The Bertz CT molecular complexity index is 564. The van der Waals surface area contributed by atoms with E-state index in [4.69, 9.17) is 0 Å². The summed E-state index contributed by atoms with van der Waals surface area (Å²) in [6.07, 6.45) is 0. The van der Waals surface area contributed by atoms with Crippen molar-refractivity contribution in [2.24, 2.45) is 0 Å².